The van der Waals surface area contributed by atoms with E-state index >= 15 is 0 Å². The van der Waals surface area contributed by atoms with Crippen molar-refractivity contribution in [2.45, 2.75) is 19.8 Å². The van der Waals surface area contributed by atoms with Crippen molar-refractivity contribution in [1.29, 1.82) is 0 Å². The molecule has 1 unspecified atom stereocenters. The van der Waals surface area contributed by atoms with Gasteiger partial charge in [-0.3, -0.25) is 9.59 Å². The number of carbonyl (C=O) groups is 2. The molecule has 0 saturated carbocycles. The Balaban J connectivity index is 1.88. The molecule has 0 aromatic carbocycles. The standard InChI is InChI=1S/C14H20N2O4/c1-10-12(4-6-20-10)14(19)16-5-2-3-11(9-16)7-15-8-13(17)18/h4,6,11,15H,2-3,5,7-9H2,1H3,(H,17,18). The van der Waals surface area contributed by atoms with Gasteiger partial charge in [-0.15, -0.1) is 0 Å². The molecule has 20 heavy (non-hydrogen) atoms. The van der Waals surface area contributed by atoms with Gasteiger partial charge >= 0.3 is 5.97 Å². The largest absolute Gasteiger partial charge is 0.480 e. The van der Waals surface area contributed by atoms with Gasteiger partial charge < -0.3 is 19.7 Å². The number of rotatable bonds is 5. The maximum atomic E-state index is 12.4. The number of likely N-dealkylation sites (tertiary alicyclic amines) is 1. The Morgan fingerprint density at radius 1 is 1.55 bits per heavy atom. The van der Waals surface area contributed by atoms with Crippen LogP contribution in [0.3, 0.4) is 0 Å². The molecule has 1 aromatic heterocycles. The van der Waals surface area contributed by atoms with E-state index in [1.807, 2.05) is 4.90 Å². The Morgan fingerprint density at radius 2 is 2.35 bits per heavy atom. The molecule has 0 radical (unpaired) electrons. The number of nitrogens with zero attached hydrogens (tertiary/aromatic N) is 1. The van der Waals surface area contributed by atoms with Crippen LogP contribution >= 0.6 is 0 Å². The van der Waals surface area contributed by atoms with Crippen LogP contribution in [0.25, 0.3) is 0 Å². The number of piperidine rings is 1. The van der Waals surface area contributed by atoms with Crippen LogP contribution in [-0.4, -0.2) is 48.1 Å². The van der Waals surface area contributed by atoms with E-state index in [1.165, 1.54) is 6.26 Å². The summed E-state index contributed by atoms with van der Waals surface area (Å²) in [5.41, 5.74) is 0.615. The molecule has 1 aliphatic rings. The molecule has 1 fully saturated rings. The lowest BCUT2D eigenvalue weighted by Gasteiger charge is -2.32. The van der Waals surface area contributed by atoms with Gasteiger partial charge in [0.05, 0.1) is 18.4 Å². The van der Waals surface area contributed by atoms with E-state index < -0.39 is 5.97 Å². The lowest BCUT2D eigenvalue weighted by Crippen LogP contribution is -2.43. The smallest absolute Gasteiger partial charge is 0.317 e. The highest BCUT2D eigenvalue weighted by Crippen LogP contribution is 2.19. The van der Waals surface area contributed by atoms with Crippen molar-refractivity contribution in [1.82, 2.24) is 10.2 Å². The van der Waals surface area contributed by atoms with Gasteiger partial charge in [-0.1, -0.05) is 0 Å². The average Bonchev–Trinajstić information content (AvgIpc) is 2.84. The van der Waals surface area contributed by atoms with Gasteiger partial charge in [-0.2, -0.15) is 0 Å². The maximum absolute atomic E-state index is 12.4. The Hall–Kier alpha value is -1.82. The van der Waals surface area contributed by atoms with Crippen molar-refractivity contribution < 1.29 is 19.1 Å². The normalized spacial score (nSPS) is 19.1. The molecular formula is C14H20N2O4. The van der Waals surface area contributed by atoms with E-state index in [1.54, 1.807) is 13.0 Å². The fraction of sp³-hybridized carbons (Fsp3) is 0.571. The molecule has 1 atom stereocenters. The molecule has 2 rings (SSSR count). The van der Waals surface area contributed by atoms with Crippen molar-refractivity contribution in [3.63, 3.8) is 0 Å². The van der Waals surface area contributed by atoms with Crippen molar-refractivity contribution in [3.8, 4) is 0 Å². The first-order valence-corrected chi connectivity index (χ1v) is 6.84. The third kappa shape index (κ3) is 3.60. The highest BCUT2D eigenvalue weighted by molar-refractivity contribution is 5.95. The van der Waals surface area contributed by atoms with E-state index in [9.17, 15) is 9.59 Å². The van der Waals surface area contributed by atoms with Gasteiger partial charge in [0.15, 0.2) is 0 Å². The first-order valence-electron chi connectivity index (χ1n) is 6.84. The summed E-state index contributed by atoms with van der Waals surface area (Å²) in [4.78, 5) is 24.7. The molecular weight excluding hydrogens is 260 g/mol. The van der Waals surface area contributed by atoms with Gasteiger partial charge in [0, 0.05) is 19.6 Å². The Morgan fingerprint density at radius 3 is 3.00 bits per heavy atom. The van der Waals surface area contributed by atoms with E-state index in [2.05, 4.69) is 5.32 Å². The molecule has 2 N–H and O–H groups in total. The number of hydrogen-bond donors (Lipinski definition) is 2. The van der Waals surface area contributed by atoms with Crippen LogP contribution in [0.2, 0.25) is 0 Å². The second-order valence-corrected chi connectivity index (χ2v) is 5.17. The van der Waals surface area contributed by atoms with E-state index in [0.717, 1.165) is 19.4 Å². The predicted octanol–water partition coefficient (Wildman–Crippen LogP) is 1.11. The summed E-state index contributed by atoms with van der Waals surface area (Å²) in [5, 5.41) is 11.5. The third-order valence-electron chi connectivity index (χ3n) is 3.60. The zero-order chi connectivity index (χ0) is 14.5. The summed E-state index contributed by atoms with van der Waals surface area (Å²) in [6, 6.07) is 1.70. The number of aliphatic carboxylic acids is 1. The van der Waals surface area contributed by atoms with Gasteiger partial charge in [0.25, 0.3) is 5.91 Å². The van der Waals surface area contributed by atoms with Crippen LogP contribution in [0, 0.1) is 12.8 Å². The topological polar surface area (TPSA) is 82.8 Å². The number of nitrogens with one attached hydrogen (secondary N) is 1. The highest BCUT2D eigenvalue weighted by atomic mass is 16.4. The number of carbonyl (C=O) groups excluding carboxylic acids is 1. The summed E-state index contributed by atoms with van der Waals surface area (Å²) < 4.78 is 5.17. The fourth-order valence-electron chi connectivity index (χ4n) is 2.58. The summed E-state index contributed by atoms with van der Waals surface area (Å²) in [6.45, 7) is 3.78. The zero-order valence-corrected chi connectivity index (χ0v) is 11.6. The number of carboxylic acid groups (broad SMARTS) is 1. The molecule has 1 amide bonds. The number of amides is 1. The first-order chi connectivity index (χ1) is 9.58. The molecule has 0 bridgehead atoms. The number of carboxylic acids is 1. The van der Waals surface area contributed by atoms with Crippen molar-refractivity contribution >= 4 is 11.9 Å². The van der Waals surface area contributed by atoms with Gasteiger partial charge in [0.1, 0.15) is 5.76 Å². The zero-order valence-electron chi connectivity index (χ0n) is 11.6. The molecule has 1 aliphatic heterocycles. The molecule has 1 aromatic rings. The van der Waals surface area contributed by atoms with Gasteiger partial charge in [0.2, 0.25) is 0 Å². The second kappa shape index (κ2) is 6.56. The monoisotopic (exact) mass is 280 g/mol. The van der Waals surface area contributed by atoms with Crippen LogP contribution in [0.1, 0.15) is 29.0 Å². The minimum absolute atomic E-state index is 0.000755. The summed E-state index contributed by atoms with van der Waals surface area (Å²) >= 11 is 0. The minimum Gasteiger partial charge on any atom is -0.480 e. The molecule has 0 spiro atoms. The molecule has 0 aliphatic carbocycles. The van der Waals surface area contributed by atoms with E-state index in [-0.39, 0.29) is 12.5 Å². The highest BCUT2D eigenvalue weighted by Gasteiger charge is 2.25. The van der Waals surface area contributed by atoms with E-state index in [4.69, 9.17) is 9.52 Å². The lowest BCUT2D eigenvalue weighted by atomic mass is 9.97. The average molecular weight is 280 g/mol. The lowest BCUT2D eigenvalue weighted by molar-refractivity contribution is -0.136. The molecule has 2 heterocycles. The van der Waals surface area contributed by atoms with Crippen LogP contribution in [0.15, 0.2) is 16.7 Å². The first kappa shape index (κ1) is 14.6. The van der Waals surface area contributed by atoms with Crippen LogP contribution in [0.4, 0.5) is 0 Å². The van der Waals surface area contributed by atoms with E-state index in [0.29, 0.717) is 30.3 Å². The molecule has 6 heteroatoms. The molecule has 1 saturated heterocycles. The van der Waals surface area contributed by atoms with Crippen molar-refractivity contribution in [3.05, 3.63) is 23.7 Å². The molecule has 6 nitrogen and oxygen atoms in total. The Labute approximate surface area is 117 Å². The Bertz CT molecular complexity index is 483. The minimum atomic E-state index is -0.859. The summed E-state index contributed by atoms with van der Waals surface area (Å²) in [6.07, 6.45) is 3.49. The SMILES string of the molecule is Cc1occc1C(=O)N1CCCC(CNCC(=O)O)C1. The maximum Gasteiger partial charge on any atom is 0.317 e. The van der Waals surface area contributed by atoms with Crippen LogP contribution in [-0.2, 0) is 4.79 Å². The van der Waals surface area contributed by atoms with Gasteiger partial charge in [-0.25, -0.2) is 0 Å². The second-order valence-electron chi connectivity index (χ2n) is 5.17. The number of hydrogen-bond acceptors (Lipinski definition) is 4. The van der Waals surface area contributed by atoms with Crippen molar-refractivity contribution in [2.24, 2.45) is 5.92 Å². The third-order valence-corrected chi connectivity index (χ3v) is 3.60. The number of aryl methyl sites for hydroxylation is 1. The fourth-order valence-corrected chi connectivity index (χ4v) is 2.58. The van der Waals surface area contributed by atoms with Crippen LogP contribution in [0.5, 0.6) is 0 Å². The van der Waals surface area contributed by atoms with Crippen LogP contribution < -0.4 is 5.32 Å². The predicted molar refractivity (Wildman–Crippen MR) is 72.6 cm³/mol. The Kier molecular flexibility index (Phi) is 4.79. The quantitative estimate of drug-likeness (QED) is 0.844. The summed E-state index contributed by atoms with van der Waals surface area (Å²) in [7, 11) is 0. The molecule has 110 valence electrons. The summed E-state index contributed by atoms with van der Waals surface area (Å²) in [5.74, 6) is 0.0855. The van der Waals surface area contributed by atoms with Crippen molar-refractivity contribution in [2.75, 3.05) is 26.2 Å². The number of furan rings is 1. The van der Waals surface area contributed by atoms with Gasteiger partial charge in [-0.05, 0) is 31.7 Å².